The van der Waals surface area contributed by atoms with Crippen LogP contribution in [0.25, 0.3) is 0 Å². The number of ether oxygens (including phenoxy) is 1. The Morgan fingerprint density at radius 2 is 1.84 bits per heavy atom. The SMILES string of the molecule is C[C@@H](OC(=O)Cc1ccccc1[N+](=O)[O-])C(=O)Nc1ccc(F)cc1. The van der Waals surface area contributed by atoms with E-state index in [4.69, 9.17) is 4.74 Å². The number of anilines is 1. The fourth-order valence-electron chi connectivity index (χ4n) is 2.06. The first kappa shape index (κ1) is 18.1. The number of hydrogen-bond donors (Lipinski definition) is 1. The van der Waals surface area contributed by atoms with Crippen LogP contribution in [0.2, 0.25) is 0 Å². The number of carbonyl (C=O) groups excluding carboxylic acids is 2. The lowest BCUT2D eigenvalue weighted by atomic mass is 10.1. The second-order valence-corrected chi connectivity index (χ2v) is 5.19. The Bertz CT molecular complexity index is 792. The summed E-state index contributed by atoms with van der Waals surface area (Å²) in [4.78, 5) is 34.2. The van der Waals surface area contributed by atoms with Gasteiger partial charge < -0.3 is 10.1 Å². The molecule has 25 heavy (non-hydrogen) atoms. The molecule has 1 amide bonds. The van der Waals surface area contributed by atoms with E-state index in [1.807, 2.05) is 0 Å². The number of esters is 1. The Balaban J connectivity index is 1.94. The highest BCUT2D eigenvalue weighted by molar-refractivity contribution is 5.95. The molecule has 2 rings (SSSR count). The van der Waals surface area contributed by atoms with Crippen LogP contribution in [0.3, 0.4) is 0 Å². The molecule has 0 aliphatic rings. The molecule has 0 fully saturated rings. The second kappa shape index (κ2) is 8.00. The van der Waals surface area contributed by atoms with Gasteiger partial charge in [-0.05, 0) is 31.2 Å². The Labute approximate surface area is 142 Å². The average Bonchev–Trinajstić information content (AvgIpc) is 2.57. The zero-order chi connectivity index (χ0) is 18.4. The van der Waals surface area contributed by atoms with Crippen LogP contribution < -0.4 is 5.32 Å². The normalized spacial score (nSPS) is 11.4. The third-order valence-electron chi connectivity index (χ3n) is 3.31. The molecule has 0 radical (unpaired) electrons. The van der Waals surface area contributed by atoms with Gasteiger partial charge in [-0.3, -0.25) is 19.7 Å². The van der Waals surface area contributed by atoms with Gasteiger partial charge in [-0.1, -0.05) is 18.2 Å². The van der Waals surface area contributed by atoms with Crippen molar-refractivity contribution in [2.75, 3.05) is 5.32 Å². The van der Waals surface area contributed by atoms with Gasteiger partial charge in [0.15, 0.2) is 6.10 Å². The van der Waals surface area contributed by atoms with Crippen LogP contribution in [0.15, 0.2) is 48.5 Å². The molecule has 7 nitrogen and oxygen atoms in total. The summed E-state index contributed by atoms with van der Waals surface area (Å²) in [5.41, 5.74) is 0.361. The Morgan fingerprint density at radius 3 is 2.48 bits per heavy atom. The third kappa shape index (κ3) is 5.10. The number of halogens is 1. The summed E-state index contributed by atoms with van der Waals surface area (Å²) in [6, 6.07) is 10.9. The first-order valence-electron chi connectivity index (χ1n) is 7.35. The Hall–Kier alpha value is -3.29. The highest BCUT2D eigenvalue weighted by atomic mass is 19.1. The summed E-state index contributed by atoms with van der Waals surface area (Å²) in [6.07, 6.45) is -1.44. The molecule has 0 saturated heterocycles. The van der Waals surface area contributed by atoms with E-state index < -0.39 is 28.7 Å². The van der Waals surface area contributed by atoms with Crippen LogP contribution in [0.1, 0.15) is 12.5 Å². The molecule has 8 heteroatoms. The zero-order valence-electron chi connectivity index (χ0n) is 13.3. The van der Waals surface area contributed by atoms with Crippen molar-refractivity contribution in [3.8, 4) is 0 Å². The number of hydrogen-bond acceptors (Lipinski definition) is 5. The number of nitro benzene ring substituents is 1. The summed E-state index contributed by atoms with van der Waals surface area (Å²) in [6.45, 7) is 1.37. The largest absolute Gasteiger partial charge is 0.452 e. The fourth-order valence-corrected chi connectivity index (χ4v) is 2.06. The number of amides is 1. The molecular formula is C17H15FN2O5. The molecule has 0 bridgehead atoms. The van der Waals surface area contributed by atoms with Gasteiger partial charge in [0.2, 0.25) is 0 Å². The van der Waals surface area contributed by atoms with Crippen LogP contribution in [0, 0.1) is 15.9 Å². The lowest BCUT2D eigenvalue weighted by molar-refractivity contribution is -0.385. The van der Waals surface area contributed by atoms with Crippen molar-refractivity contribution in [3.63, 3.8) is 0 Å². The molecule has 0 spiro atoms. The van der Waals surface area contributed by atoms with E-state index in [0.717, 1.165) is 0 Å². The minimum atomic E-state index is -1.11. The number of nitrogens with zero attached hydrogens (tertiary/aromatic N) is 1. The van der Waals surface area contributed by atoms with Crippen molar-refractivity contribution >= 4 is 23.3 Å². The van der Waals surface area contributed by atoms with Gasteiger partial charge in [0.25, 0.3) is 11.6 Å². The molecule has 0 aromatic heterocycles. The standard InChI is InChI=1S/C17H15FN2O5/c1-11(17(22)19-14-8-6-13(18)7-9-14)25-16(21)10-12-4-2-3-5-15(12)20(23)24/h2-9,11H,10H2,1H3,(H,19,22)/t11-/m1/s1. The number of para-hydroxylation sites is 1. The van der Waals surface area contributed by atoms with Gasteiger partial charge in [0.05, 0.1) is 11.3 Å². The zero-order valence-corrected chi connectivity index (χ0v) is 13.3. The molecule has 0 aliphatic heterocycles. The van der Waals surface area contributed by atoms with Crippen LogP contribution in [0.5, 0.6) is 0 Å². The molecule has 0 aliphatic carbocycles. The summed E-state index contributed by atoms with van der Waals surface area (Å²) < 4.78 is 17.8. The van der Waals surface area contributed by atoms with E-state index in [1.54, 1.807) is 6.07 Å². The number of rotatable bonds is 6. The number of carbonyl (C=O) groups is 2. The number of nitro groups is 1. The van der Waals surface area contributed by atoms with Crippen LogP contribution in [-0.4, -0.2) is 22.9 Å². The quantitative estimate of drug-likeness (QED) is 0.493. The topological polar surface area (TPSA) is 98.5 Å². The molecule has 0 unspecified atom stereocenters. The molecular weight excluding hydrogens is 331 g/mol. The van der Waals surface area contributed by atoms with Crippen molar-refractivity contribution in [3.05, 3.63) is 70.0 Å². The number of nitrogens with one attached hydrogen (secondary N) is 1. The van der Waals surface area contributed by atoms with Gasteiger partial charge in [0, 0.05) is 17.3 Å². The van der Waals surface area contributed by atoms with Gasteiger partial charge in [-0.2, -0.15) is 0 Å². The van der Waals surface area contributed by atoms with Crippen molar-refractivity contribution in [2.24, 2.45) is 0 Å². The third-order valence-corrected chi connectivity index (χ3v) is 3.31. The van der Waals surface area contributed by atoms with Gasteiger partial charge in [0.1, 0.15) is 5.82 Å². The Kier molecular flexibility index (Phi) is 5.78. The molecule has 2 aromatic rings. The first-order valence-corrected chi connectivity index (χ1v) is 7.35. The molecule has 0 saturated carbocycles. The maximum absolute atomic E-state index is 12.8. The Morgan fingerprint density at radius 1 is 1.20 bits per heavy atom. The minimum absolute atomic E-state index is 0.192. The summed E-state index contributed by atoms with van der Waals surface area (Å²) in [5.74, 6) is -1.81. The maximum Gasteiger partial charge on any atom is 0.311 e. The van der Waals surface area contributed by atoms with Gasteiger partial charge in [-0.15, -0.1) is 0 Å². The van der Waals surface area contributed by atoms with E-state index in [9.17, 15) is 24.1 Å². The molecule has 2 aromatic carbocycles. The van der Waals surface area contributed by atoms with E-state index in [2.05, 4.69) is 5.32 Å². The second-order valence-electron chi connectivity index (χ2n) is 5.19. The fraction of sp³-hybridized carbons (Fsp3) is 0.176. The lowest BCUT2D eigenvalue weighted by Crippen LogP contribution is -2.30. The monoisotopic (exact) mass is 346 g/mol. The van der Waals surface area contributed by atoms with E-state index in [0.29, 0.717) is 5.69 Å². The van der Waals surface area contributed by atoms with E-state index >= 15 is 0 Å². The molecule has 1 atom stereocenters. The van der Waals surface area contributed by atoms with Crippen molar-refractivity contribution in [1.29, 1.82) is 0 Å². The predicted molar refractivity (Wildman–Crippen MR) is 87.4 cm³/mol. The minimum Gasteiger partial charge on any atom is -0.452 e. The summed E-state index contributed by atoms with van der Waals surface area (Å²) in [5, 5.41) is 13.4. The smallest absolute Gasteiger partial charge is 0.311 e. The van der Waals surface area contributed by atoms with Crippen molar-refractivity contribution in [2.45, 2.75) is 19.4 Å². The van der Waals surface area contributed by atoms with Gasteiger partial charge >= 0.3 is 5.97 Å². The molecule has 130 valence electrons. The molecule has 1 N–H and O–H groups in total. The van der Waals surface area contributed by atoms with Crippen LogP contribution in [0.4, 0.5) is 15.8 Å². The molecule has 0 heterocycles. The average molecular weight is 346 g/mol. The van der Waals surface area contributed by atoms with Crippen LogP contribution >= 0.6 is 0 Å². The highest BCUT2D eigenvalue weighted by Crippen LogP contribution is 2.18. The van der Waals surface area contributed by atoms with Crippen molar-refractivity contribution in [1.82, 2.24) is 0 Å². The first-order chi connectivity index (χ1) is 11.9. The maximum atomic E-state index is 12.8. The van der Waals surface area contributed by atoms with E-state index in [1.165, 1.54) is 49.4 Å². The highest BCUT2D eigenvalue weighted by Gasteiger charge is 2.21. The number of benzene rings is 2. The predicted octanol–water partition coefficient (Wildman–Crippen LogP) is 2.85. The lowest BCUT2D eigenvalue weighted by Gasteiger charge is -2.13. The van der Waals surface area contributed by atoms with E-state index in [-0.39, 0.29) is 17.7 Å². The summed E-state index contributed by atoms with van der Waals surface area (Å²) in [7, 11) is 0. The van der Waals surface area contributed by atoms with Crippen LogP contribution in [-0.2, 0) is 20.7 Å². The summed E-state index contributed by atoms with van der Waals surface area (Å²) >= 11 is 0. The van der Waals surface area contributed by atoms with Gasteiger partial charge in [-0.25, -0.2) is 4.39 Å². The van der Waals surface area contributed by atoms with Crippen molar-refractivity contribution < 1.29 is 23.6 Å².